The fourth-order valence-corrected chi connectivity index (χ4v) is 2.62. The van der Waals surface area contributed by atoms with Crippen LogP contribution in [0.1, 0.15) is 19.0 Å². The van der Waals surface area contributed by atoms with E-state index in [0.717, 1.165) is 29.6 Å². The molecule has 0 bridgehead atoms. The van der Waals surface area contributed by atoms with Crippen LogP contribution >= 0.6 is 15.9 Å². The van der Waals surface area contributed by atoms with Crippen LogP contribution in [-0.2, 0) is 11.2 Å². The third kappa shape index (κ3) is 3.50. The molecule has 0 spiro atoms. The van der Waals surface area contributed by atoms with E-state index in [2.05, 4.69) is 39.2 Å². The first-order chi connectivity index (χ1) is 8.19. The monoisotopic (exact) mass is 298 g/mol. The lowest BCUT2D eigenvalue weighted by atomic mass is 9.93. The molecule has 1 saturated heterocycles. The topological polar surface area (TPSA) is 34.2 Å². The number of likely N-dealkylation sites (N-methyl/N-ethyl adjacent to an activating group) is 1. The highest BCUT2D eigenvalue weighted by Crippen LogP contribution is 2.24. The molecule has 0 radical (unpaired) electrons. The molecule has 2 rings (SSSR count). The van der Waals surface area contributed by atoms with Gasteiger partial charge in [-0.3, -0.25) is 4.98 Å². The number of aromatic nitrogens is 1. The van der Waals surface area contributed by atoms with Gasteiger partial charge >= 0.3 is 0 Å². The minimum atomic E-state index is 0.397. The number of hydrogen-bond donors (Lipinski definition) is 1. The Bertz CT molecular complexity index is 355. The van der Waals surface area contributed by atoms with Crippen molar-refractivity contribution in [2.45, 2.75) is 31.9 Å². The molecule has 94 valence electrons. The van der Waals surface area contributed by atoms with Crippen LogP contribution in [0.15, 0.2) is 22.8 Å². The van der Waals surface area contributed by atoms with Crippen molar-refractivity contribution in [3.8, 4) is 0 Å². The Balaban J connectivity index is 1.97. The summed E-state index contributed by atoms with van der Waals surface area (Å²) in [6.45, 7) is 3.01. The second kappa shape index (κ2) is 5.94. The summed E-state index contributed by atoms with van der Waals surface area (Å²) in [5, 5.41) is 3.40. The van der Waals surface area contributed by atoms with E-state index in [-0.39, 0.29) is 0 Å². The number of ether oxygens (including phenoxy) is 1. The van der Waals surface area contributed by atoms with E-state index in [4.69, 9.17) is 4.74 Å². The zero-order chi connectivity index (χ0) is 12.3. The summed E-state index contributed by atoms with van der Waals surface area (Å²) in [7, 11) is 2.02. The third-order valence-corrected chi connectivity index (χ3v) is 3.86. The predicted octanol–water partition coefficient (Wildman–Crippen LogP) is 2.40. The maximum atomic E-state index is 5.64. The predicted molar refractivity (Wildman–Crippen MR) is 72.0 cm³/mol. The Morgan fingerprint density at radius 2 is 2.41 bits per heavy atom. The molecule has 1 N–H and O–H groups in total. The maximum Gasteiger partial charge on any atom is 0.0551 e. The first-order valence-corrected chi connectivity index (χ1v) is 6.87. The minimum absolute atomic E-state index is 0.397. The standard InChI is InChI=1S/C13H19BrN2O/c1-9-5-10(8-17-9)13(15-2)6-12-4-3-11(14)7-16-12/h3-4,7,9-10,13,15H,5-6,8H2,1-2H3. The number of nitrogens with one attached hydrogen (secondary N) is 1. The lowest BCUT2D eigenvalue weighted by molar-refractivity contribution is 0.117. The van der Waals surface area contributed by atoms with Gasteiger partial charge in [-0.2, -0.15) is 0 Å². The molecule has 4 heteroatoms. The van der Waals surface area contributed by atoms with Crippen LogP contribution in [0.3, 0.4) is 0 Å². The van der Waals surface area contributed by atoms with Crippen molar-refractivity contribution in [1.29, 1.82) is 0 Å². The second-order valence-corrected chi connectivity index (χ2v) is 5.62. The van der Waals surface area contributed by atoms with Crippen LogP contribution in [0.5, 0.6) is 0 Å². The maximum absolute atomic E-state index is 5.64. The second-order valence-electron chi connectivity index (χ2n) is 4.71. The molecule has 3 atom stereocenters. The van der Waals surface area contributed by atoms with Gasteiger partial charge in [-0.05, 0) is 48.5 Å². The Morgan fingerprint density at radius 1 is 1.59 bits per heavy atom. The van der Waals surface area contributed by atoms with Gasteiger partial charge in [-0.15, -0.1) is 0 Å². The van der Waals surface area contributed by atoms with E-state index in [0.29, 0.717) is 18.1 Å². The van der Waals surface area contributed by atoms with Gasteiger partial charge in [-0.25, -0.2) is 0 Å². The van der Waals surface area contributed by atoms with Gasteiger partial charge in [0, 0.05) is 34.7 Å². The largest absolute Gasteiger partial charge is 0.378 e. The molecule has 0 aliphatic carbocycles. The molecule has 1 aliphatic rings. The van der Waals surface area contributed by atoms with Crippen LogP contribution in [0.2, 0.25) is 0 Å². The molecule has 17 heavy (non-hydrogen) atoms. The van der Waals surface area contributed by atoms with Gasteiger partial charge in [0.25, 0.3) is 0 Å². The number of halogens is 1. The molecule has 2 heterocycles. The van der Waals surface area contributed by atoms with Crippen LogP contribution in [0, 0.1) is 5.92 Å². The zero-order valence-corrected chi connectivity index (χ0v) is 11.9. The highest BCUT2D eigenvalue weighted by atomic mass is 79.9. The Kier molecular flexibility index (Phi) is 4.54. The van der Waals surface area contributed by atoms with Crippen molar-refractivity contribution < 1.29 is 4.74 Å². The molecule has 1 aliphatic heterocycles. The molecule has 1 fully saturated rings. The zero-order valence-electron chi connectivity index (χ0n) is 10.3. The average Bonchev–Trinajstić information content (AvgIpc) is 2.75. The van der Waals surface area contributed by atoms with Crippen molar-refractivity contribution in [2.24, 2.45) is 5.92 Å². The van der Waals surface area contributed by atoms with Crippen molar-refractivity contribution in [1.82, 2.24) is 10.3 Å². The van der Waals surface area contributed by atoms with E-state index < -0.39 is 0 Å². The Hall–Kier alpha value is -0.450. The van der Waals surface area contributed by atoms with Crippen molar-refractivity contribution in [3.05, 3.63) is 28.5 Å². The third-order valence-electron chi connectivity index (χ3n) is 3.39. The molecular weight excluding hydrogens is 280 g/mol. The normalized spacial score (nSPS) is 26.1. The van der Waals surface area contributed by atoms with Crippen LogP contribution < -0.4 is 5.32 Å². The molecule has 1 aromatic heterocycles. The number of rotatable bonds is 4. The van der Waals surface area contributed by atoms with Gasteiger partial charge < -0.3 is 10.1 Å². The number of nitrogens with zero attached hydrogens (tertiary/aromatic N) is 1. The van der Waals surface area contributed by atoms with Crippen molar-refractivity contribution >= 4 is 15.9 Å². The van der Waals surface area contributed by atoms with E-state index in [9.17, 15) is 0 Å². The van der Waals surface area contributed by atoms with Crippen molar-refractivity contribution in [3.63, 3.8) is 0 Å². The summed E-state index contributed by atoms with van der Waals surface area (Å²) in [5.41, 5.74) is 1.13. The average molecular weight is 299 g/mol. The SMILES string of the molecule is CNC(Cc1ccc(Br)cn1)C1COC(C)C1. The van der Waals surface area contributed by atoms with Crippen LogP contribution in [0.4, 0.5) is 0 Å². The molecular formula is C13H19BrN2O. The Morgan fingerprint density at radius 3 is 2.94 bits per heavy atom. The molecule has 1 aromatic rings. The summed E-state index contributed by atoms with van der Waals surface area (Å²) < 4.78 is 6.66. The highest BCUT2D eigenvalue weighted by molar-refractivity contribution is 9.10. The van der Waals surface area contributed by atoms with Gasteiger partial charge in [0.1, 0.15) is 0 Å². The number of hydrogen-bond acceptors (Lipinski definition) is 3. The van der Waals surface area contributed by atoms with Crippen molar-refractivity contribution in [2.75, 3.05) is 13.7 Å². The molecule has 0 saturated carbocycles. The van der Waals surface area contributed by atoms with Gasteiger partial charge in [0.2, 0.25) is 0 Å². The van der Waals surface area contributed by atoms with Gasteiger partial charge in [0.05, 0.1) is 12.7 Å². The van der Waals surface area contributed by atoms with Crippen LogP contribution in [-0.4, -0.2) is 30.8 Å². The summed E-state index contributed by atoms with van der Waals surface area (Å²) >= 11 is 3.40. The van der Waals surface area contributed by atoms with E-state index in [1.807, 2.05) is 19.3 Å². The fourth-order valence-electron chi connectivity index (χ4n) is 2.39. The molecule has 3 unspecified atom stereocenters. The van der Waals surface area contributed by atoms with E-state index in [1.54, 1.807) is 0 Å². The molecule has 0 aromatic carbocycles. The fraction of sp³-hybridized carbons (Fsp3) is 0.615. The smallest absolute Gasteiger partial charge is 0.0551 e. The van der Waals surface area contributed by atoms with E-state index >= 15 is 0 Å². The lowest BCUT2D eigenvalue weighted by Gasteiger charge is -2.21. The van der Waals surface area contributed by atoms with Gasteiger partial charge in [-0.1, -0.05) is 0 Å². The summed E-state index contributed by atoms with van der Waals surface area (Å²) in [6, 6.07) is 4.57. The minimum Gasteiger partial charge on any atom is -0.378 e. The highest BCUT2D eigenvalue weighted by Gasteiger charge is 2.28. The first-order valence-electron chi connectivity index (χ1n) is 6.08. The molecule has 0 amide bonds. The quantitative estimate of drug-likeness (QED) is 0.927. The Labute approximate surface area is 111 Å². The lowest BCUT2D eigenvalue weighted by Crippen LogP contribution is -2.36. The summed E-state index contributed by atoms with van der Waals surface area (Å²) in [5.74, 6) is 0.598. The first kappa shape index (κ1) is 13.0. The number of pyridine rings is 1. The summed E-state index contributed by atoms with van der Waals surface area (Å²) in [6.07, 6.45) is 4.36. The van der Waals surface area contributed by atoms with Gasteiger partial charge in [0.15, 0.2) is 0 Å². The van der Waals surface area contributed by atoms with Crippen LogP contribution in [0.25, 0.3) is 0 Å². The summed E-state index contributed by atoms with van der Waals surface area (Å²) in [4.78, 5) is 4.43. The molecule has 3 nitrogen and oxygen atoms in total. The van der Waals surface area contributed by atoms with E-state index in [1.165, 1.54) is 0 Å².